The molecule has 5 heteroatoms. The van der Waals surface area contributed by atoms with Gasteiger partial charge in [0.05, 0.1) is 18.2 Å². The quantitative estimate of drug-likeness (QED) is 0.791. The Balaban J connectivity index is 1.60. The zero-order valence-electron chi connectivity index (χ0n) is 13.2. The Hall–Kier alpha value is -0.480. The van der Waals surface area contributed by atoms with Gasteiger partial charge in [-0.1, -0.05) is 23.2 Å². The van der Waals surface area contributed by atoms with Crippen molar-refractivity contribution < 1.29 is 9.47 Å². The molecule has 0 amide bonds. The van der Waals surface area contributed by atoms with Gasteiger partial charge in [-0.2, -0.15) is 0 Å². The molecular weight excluding hydrogens is 321 g/mol. The normalized spacial score (nSPS) is 28.1. The Morgan fingerprint density at radius 2 is 2.05 bits per heavy atom. The molecule has 3 rings (SSSR count). The molecule has 1 spiro atoms. The summed E-state index contributed by atoms with van der Waals surface area (Å²) in [6.45, 7) is 6.00. The van der Waals surface area contributed by atoms with E-state index in [9.17, 15) is 0 Å². The fraction of sp³-hybridized carbons (Fsp3) is 0.647. The number of nitrogens with zero attached hydrogens (tertiary/aromatic N) is 1. The molecule has 1 aromatic carbocycles. The molecule has 1 heterocycles. The van der Waals surface area contributed by atoms with E-state index in [2.05, 4.69) is 11.8 Å². The van der Waals surface area contributed by atoms with Gasteiger partial charge in [0.15, 0.2) is 0 Å². The van der Waals surface area contributed by atoms with Gasteiger partial charge in [-0.3, -0.25) is 4.90 Å². The summed E-state index contributed by atoms with van der Waals surface area (Å²) >= 11 is 12.6. The SMILES string of the molecule is CCOC1CC2(CCN(Cc3cc(Cl)c(OC)cc3Cl)C2)C1. The molecule has 1 saturated heterocycles. The smallest absolute Gasteiger partial charge is 0.138 e. The molecule has 1 saturated carbocycles. The van der Waals surface area contributed by atoms with E-state index in [1.807, 2.05) is 6.07 Å². The average Bonchev–Trinajstić information content (AvgIpc) is 2.86. The number of benzene rings is 1. The summed E-state index contributed by atoms with van der Waals surface area (Å²) in [6.07, 6.45) is 4.14. The predicted octanol–water partition coefficient (Wildman–Crippen LogP) is 4.39. The van der Waals surface area contributed by atoms with E-state index in [1.54, 1.807) is 13.2 Å². The molecule has 2 aliphatic rings. The fourth-order valence-corrected chi connectivity index (χ4v) is 4.32. The Kier molecular flexibility index (Phi) is 4.89. The summed E-state index contributed by atoms with van der Waals surface area (Å²) in [6, 6.07) is 3.73. The maximum atomic E-state index is 6.36. The first kappa shape index (κ1) is 16.4. The van der Waals surface area contributed by atoms with Gasteiger partial charge in [0.25, 0.3) is 0 Å². The minimum absolute atomic E-state index is 0.475. The third-order valence-electron chi connectivity index (χ3n) is 4.96. The molecule has 0 bridgehead atoms. The molecule has 3 nitrogen and oxygen atoms in total. The van der Waals surface area contributed by atoms with Crippen molar-refractivity contribution in [3.05, 3.63) is 27.7 Å². The average molecular weight is 344 g/mol. The second-order valence-electron chi connectivity index (χ2n) is 6.52. The van der Waals surface area contributed by atoms with Crippen LogP contribution in [0.1, 0.15) is 31.7 Å². The van der Waals surface area contributed by atoms with Gasteiger partial charge in [0.2, 0.25) is 0 Å². The number of ether oxygens (including phenoxy) is 2. The zero-order chi connectivity index (χ0) is 15.7. The summed E-state index contributed by atoms with van der Waals surface area (Å²) in [4.78, 5) is 2.48. The number of hydrogen-bond donors (Lipinski definition) is 0. The van der Waals surface area contributed by atoms with Crippen LogP contribution >= 0.6 is 23.2 Å². The van der Waals surface area contributed by atoms with Gasteiger partial charge < -0.3 is 9.47 Å². The minimum Gasteiger partial charge on any atom is -0.495 e. The van der Waals surface area contributed by atoms with Crippen LogP contribution in [0, 0.1) is 5.41 Å². The first-order valence-corrected chi connectivity index (χ1v) is 8.67. The Labute approximate surface area is 142 Å². The summed E-state index contributed by atoms with van der Waals surface area (Å²) in [5.74, 6) is 0.631. The van der Waals surface area contributed by atoms with Gasteiger partial charge in [0.1, 0.15) is 5.75 Å². The van der Waals surface area contributed by atoms with Crippen molar-refractivity contribution >= 4 is 23.2 Å². The number of hydrogen-bond acceptors (Lipinski definition) is 3. The summed E-state index contributed by atoms with van der Waals surface area (Å²) in [7, 11) is 1.60. The van der Waals surface area contributed by atoms with Gasteiger partial charge in [0, 0.05) is 30.8 Å². The largest absolute Gasteiger partial charge is 0.495 e. The van der Waals surface area contributed by atoms with Crippen LogP contribution in [0.15, 0.2) is 12.1 Å². The second kappa shape index (κ2) is 6.56. The molecule has 1 aliphatic carbocycles. The molecule has 1 aliphatic heterocycles. The van der Waals surface area contributed by atoms with Gasteiger partial charge in [-0.25, -0.2) is 0 Å². The predicted molar refractivity (Wildman–Crippen MR) is 90.0 cm³/mol. The lowest BCUT2D eigenvalue weighted by Crippen LogP contribution is -2.44. The Bertz CT molecular complexity index is 544. The maximum absolute atomic E-state index is 6.36. The summed E-state index contributed by atoms with van der Waals surface area (Å²) in [5.41, 5.74) is 1.55. The second-order valence-corrected chi connectivity index (χ2v) is 7.34. The molecular formula is C17H23Cl2NO2. The highest BCUT2D eigenvalue weighted by Crippen LogP contribution is 2.49. The number of rotatable bonds is 5. The van der Waals surface area contributed by atoms with E-state index in [0.717, 1.165) is 36.8 Å². The van der Waals surface area contributed by atoms with Gasteiger partial charge in [-0.15, -0.1) is 0 Å². The van der Waals surface area contributed by atoms with Crippen molar-refractivity contribution in [3.8, 4) is 5.75 Å². The maximum Gasteiger partial charge on any atom is 0.138 e. The van der Waals surface area contributed by atoms with Crippen molar-refractivity contribution in [1.29, 1.82) is 0 Å². The molecule has 0 unspecified atom stereocenters. The first-order valence-electron chi connectivity index (χ1n) is 7.91. The molecule has 22 heavy (non-hydrogen) atoms. The van der Waals surface area contributed by atoms with Crippen LogP contribution in [0.5, 0.6) is 5.75 Å². The topological polar surface area (TPSA) is 21.7 Å². The molecule has 122 valence electrons. The van der Waals surface area contributed by atoms with E-state index in [0.29, 0.717) is 22.3 Å². The van der Waals surface area contributed by atoms with Crippen LogP contribution in [-0.2, 0) is 11.3 Å². The number of halogens is 2. The van der Waals surface area contributed by atoms with Crippen molar-refractivity contribution in [3.63, 3.8) is 0 Å². The van der Waals surface area contributed by atoms with Crippen LogP contribution in [0.25, 0.3) is 0 Å². The summed E-state index contributed by atoms with van der Waals surface area (Å²) < 4.78 is 10.9. The highest BCUT2D eigenvalue weighted by molar-refractivity contribution is 6.34. The standard InChI is InChI=1S/C17H23Cl2NO2/c1-3-22-13-8-17(9-13)4-5-20(11-17)10-12-6-15(19)16(21-2)7-14(12)18/h6-7,13H,3-5,8-11H2,1-2H3. The van der Waals surface area contributed by atoms with Gasteiger partial charge in [-0.05, 0) is 49.8 Å². The van der Waals surface area contributed by atoms with E-state index < -0.39 is 0 Å². The molecule has 2 fully saturated rings. The minimum atomic E-state index is 0.475. The first-order chi connectivity index (χ1) is 10.5. The van der Waals surface area contributed by atoms with Crippen LogP contribution < -0.4 is 4.74 Å². The van der Waals surface area contributed by atoms with Crippen molar-refractivity contribution in [1.82, 2.24) is 4.90 Å². The third-order valence-corrected chi connectivity index (χ3v) is 5.60. The highest BCUT2D eigenvalue weighted by atomic mass is 35.5. The lowest BCUT2D eigenvalue weighted by atomic mass is 9.66. The molecule has 0 N–H and O–H groups in total. The van der Waals surface area contributed by atoms with Crippen molar-refractivity contribution in [2.45, 2.75) is 38.8 Å². The lowest BCUT2D eigenvalue weighted by molar-refractivity contribution is -0.0718. The van der Waals surface area contributed by atoms with Crippen LogP contribution in [0.4, 0.5) is 0 Å². The van der Waals surface area contributed by atoms with Crippen LogP contribution in [0.2, 0.25) is 10.0 Å². The fourth-order valence-electron chi connectivity index (χ4n) is 3.84. The van der Waals surface area contributed by atoms with Crippen molar-refractivity contribution in [2.75, 3.05) is 26.8 Å². The number of methoxy groups -OCH3 is 1. The van der Waals surface area contributed by atoms with E-state index in [-0.39, 0.29) is 0 Å². The molecule has 0 radical (unpaired) electrons. The number of likely N-dealkylation sites (tertiary alicyclic amines) is 1. The van der Waals surface area contributed by atoms with Crippen LogP contribution in [0.3, 0.4) is 0 Å². The van der Waals surface area contributed by atoms with E-state index in [1.165, 1.54) is 19.3 Å². The third kappa shape index (κ3) is 3.23. The monoisotopic (exact) mass is 343 g/mol. The van der Waals surface area contributed by atoms with Gasteiger partial charge >= 0.3 is 0 Å². The van der Waals surface area contributed by atoms with E-state index >= 15 is 0 Å². The van der Waals surface area contributed by atoms with Crippen molar-refractivity contribution in [2.24, 2.45) is 5.41 Å². The lowest BCUT2D eigenvalue weighted by Gasteiger charge is -2.44. The summed E-state index contributed by atoms with van der Waals surface area (Å²) in [5, 5.41) is 1.35. The van der Waals surface area contributed by atoms with Crippen LogP contribution in [-0.4, -0.2) is 37.8 Å². The Morgan fingerprint density at radius 3 is 2.73 bits per heavy atom. The zero-order valence-corrected chi connectivity index (χ0v) is 14.7. The molecule has 1 aromatic rings. The van der Waals surface area contributed by atoms with E-state index in [4.69, 9.17) is 32.7 Å². The molecule has 0 atom stereocenters. The highest BCUT2D eigenvalue weighted by Gasteiger charge is 2.48. The molecule has 0 aromatic heterocycles. The Morgan fingerprint density at radius 1 is 1.27 bits per heavy atom.